The number of carboxylic acid groups (broad SMARTS) is 1. The van der Waals surface area contributed by atoms with Gasteiger partial charge in [-0.3, -0.25) is 14.4 Å². The average molecular weight is 565 g/mol. The third-order valence-corrected chi connectivity index (χ3v) is 6.81. The zero-order valence-electron chi connectivity index (χ0n) is 24.6. The summed E-state index contributed by atoms with van der Waals surface area (Å²) >= 11 is 0. The SMILES string of the molecule is Cc1ccc(NC(=O)[C@@H](CC/C=C/C(=O)N(C)C)CN(C)C(=O)O)c(=O)n1Cc1nc2cccc(CC(C)C)c2[nH]1. The molecule has 1 aromatic carbocycles. The molecule has 220 valence electrons. The number of aromatic nitrogens is 3. The smallest absolute Gasteiger partial charge is 0.407 e. The first kappa shape index (κ1) is 31.1. The Morgan fingerprint density at radius 1 is 1.15 bits per heavy atom. The van der Waals surface area contributed by atoms with Crippen molar-refractivity contribution in [3.05, 3.63) is 69.9 Å². The van der Waals surface area contributed by atoms with Crippen molar-refractivity contribution in [3.8, 4) is 0 Å². The first-order chi connectivity index (χ1) is 19.4. The van der Waals surface area contributed by atoms with Crippen LogP contribution >= 0.6 is 0 Å². The second kappa shape index (κ2) is 13.8. The van der Waals surface area contributed by atoms with Crippen LogP contribution in [-0.2, 0) is 22.6 Å². The molecule has 0 saturated carbocycles. The Morgan fingerprint density at radius 2 is 1.88 bits per heavy atom. The molecule has 1 atom stereocenters. The zero-order chi connectivity index (χ0) is 30.3. The van der Waals surface area contributed by atoms with Crippen LogP contribution in [0.15, 0.2) is 47.3 Å². The number of anilines is 1. The van der Waals surface area contributed by atoms with Crippen LogP contribution in [0.1, 0.15) is 43.8 Å². The molecule has 0 radical (unpaired) electrons. The van der Waals surface area contributed by atoms with E-state index in [0.717, 1.165) is 22.4 Å². The van der Waals surface area contributed by atoms with Gasteiger partial charge in [0.25, 0.3) is 5.56 Å². The van der Waals surface area contributed by atoms with Gasteiger partial charge in [-0.15, -0.1) is 0 Å². The number of benzene rings is 1. The van der Waals surface area contributed by atoms with E-state index in [4.69, 9.17) is 4.98 Å². The van der Waals surface area contributed by atoms with E-state index in [2.05, 4.69) is 30.2 Å². The molecule has 0 aliphatic carbocycles. The summed E-state index contributed by atoms with van der Waals surface area (Å²) < 4.78 is 1.55. The fourth-order valence-electron chi connectivity index (χ4n) is 4.52. The fourth-order valence-corrected chi connectivity index (χ4v) is 4.52. The lowest BCUT2D eigenvalue weighted by Crippen LogP contribution is -2.37. The lowest BCUT2D eigenvalue weighted by atomic mass is 10.0. The van der Waals surface area contributed by atoms with Crippen LogP contribution in [0, 0.1) is 18.8 Å². The highest BCUT2D eigenvalue weighted by Crippen LogP contribution is 2.20. The summed E-state index contributed by atoms with van der Waals surface area (Å²) in [6, 6.07) is 9.29. The van der Waals surface area contributed by atoms with E-state index in [-0.39, 0.29) is 30.2 Å². The van der Waals surface area contributed by atoms with Gasteiger partial charge in [-0.2, -0.15) is 0 Å². The first-order valence-electron chi connectivity index (χ1n) is 13.7. The minimum absolute atomic E-state index is 0.0611. The van der Waals surface area contributed by atoms with Gasteiger partial charge in [-0.25, -0.2) is 9.78 Å². The van der Waals surface area contributed by atoms with Crippen molar-refractivity contribution < 1.29 is 19.5 Å². The summed E-state index contributed by atoms with van der Waals surface area (Å²) in [5.74, 6) is -0.286. The fraction of sp³-hybridized carbons (Fsp3) is 0.433. The van der Waals surface area contributed by atoms with Gasteiger partial charge in [-0.1, -0.05) is 32.1 Å². The molecule has 3 rings (SSSR count). The third kappa shape index (κ3) is 8.29. The number of aryl methyl sites for hydroxylation is 1. The molecule has 3 aromatic rings. The topological polar surface area (TPSA) is 141 Å². The quantitative estimate of drug-likeness (QED) is 0.285. The highest BCUT2D eigenvalue weighted by Gasteiger charge is 2.23. The molecule has 41 heavy (non-hydrogen) atoms. The summed E-state index contributed by atoms with van der Waals surface area (Å²) in [5.41, 5.74) is 3.37. The van der Waals surface area contributed by atoms with Gasteiger partial charge in [0.05, 0.1) is 23.5 Å². The van der Waals surface area contributed by atoms with E-state index in [1.54, 1.807) is 36.9 Å². The Hall–Kier alpha value is -4.41. The Labute approximate surface area is 239 Å². The molecule has 0 aliphatic heterocycles. The van der Waals surface area contributed by atoms with E-state index in [1.807, 2.05) is 19.1 Å². The number of nitrogens with one attached hydrogen (secondary N) is 2. The molecule has 0 fully saturated rings. The largest absolute Gasteiger partial charge is 0.465 e. The maximum atomic E-state index is 13.5. The standard InChI is InChI=1S/C30H40N6O5/c1-19(2)16-21-11-9-12-23-27(21)33-25(31-23)18-36-20(3)14-15-24(29(36)39)32-28(38)22(17-35(6)30(40)41)10-7-8-13-26(37)34(4)5/h8-9,11-15,19,22H,7,10,16-18H2,1-6H3,(H,31,33)(H,32,38)(H,40,41)/b13-8+/t22-/m0/s1. The first-order valence-corrected chi connectivity index (χ1v) is 13.7. The Kier molecular flexibility index (Phi) is 10.5. The van der Waals surface area contributed by atoms with E-state index in [9.17, 15) is 24.3 Å². The zero-order valence-corrected chi connectivity index (χ0v) is 24.6. The Balaban J connectivity index is 1.82. The number of likely N-dealkylation sites (N-methyl/N-ethyl adjacent to an activating group) is 1. The number of hydrogen-bond acceptors (Lipinski definition) is 5. The monoisotopic (exact) mass is 564 g/mol. The van der Waals surface area contributed by atoms with Crippen molar-refractivity contribution in [3.63, 3.8) is 0 Å². The minimum atomic E-state index is -1.17. The Morgan fingerprint density at radius 3 is 2.54 bits per heavy atom. The molecule has 0 unspecified atom stereocenters. The third-order valence-electron chi connectivity index (χ3n) is 6.81. The van der Waals surface area contributed by atoms with Crippen molar-refractivity contribution in [2.24, 2.45) is 11.8 Å². The molecule has 11 nitrogen and oxygen atoms in total. The van der Waals surface area contributed by atoms with Crippen molar-refractivity contribution in [1.82, 2.24) is 24.3 Å². The van der Waals surface area contributed by atoms with Crippen LogP contribution in [-0.4, -0.2) is 75.0 Å². The molecular formula is C30H40N6O5. The van der Waals surface area contributed by atoms with Gasteiger partial charge < -0.3 is 29.8 Å². The lowest BCUT2D eigenvalue weighted by Gasteiger charge is -2.21. The number of carbonyl (C=O) groups excluding carboxylic acids is 2. The molecular weight excluding hydrogens is 524 g/mol. The molecule has 2 heterocycles. The normalized spacial score (nSPS) is 12.2. The van der Waals surface area contributed by atoms with Crippen LogP contribution in [0.25, 0.3) is 11.0 Å². The van der Waals surface area contributed by atoms with Crippen LogP contribution < -0.4 is 10.9 Å². The van der Waals surface area contributed by atoms with Gasteiger partial charge in [0.2, 0.25) is 11.8 Å². The summed E-state index contributed by atoms with van der Waals surface area (Å²) in [6.07, 6.45) is 3.48. The number of carbonyl (C=O) groups is 3. The second-order valence-corrected chi connectivity index (χ2v) is 10.9. The van der Waals surface area contributed by atoms with Gasteiger partial charge in [-0.05, 0) is 61.9 Å². The maximum absolute atomic E-state index is 13.5. The number of amides is 3. The van der Waals surface area contributed by atoms with Gasteiger partial charge >= 0.3 is 6.09 Å². The minimum Gasteiger partial charge on any atom is -0.465 e. The van der Waals surface area contributed by atoms with Crippen LogP contribution in [0.2, 0.25) is 0 Å². The van der Waals surface area contributed by atoms with Crippen molar-refractivity contribution in [1.29, 1.82) is 0 Å². The second-order valence-electron chi connectivity index (χ2n) is 10.9. The van der Waals surface area contributed by atoms with Gasteiger partial charge in [0.1, 0.15) is 11.5 Å². The molecule has 0 spiro atoms. The van der Waals surface area contributed by atoms with E-state index >= 15 is 0 Å². The number of para-hydroxylation sites is 1. The molecule has 0 bridgehead atoms. The summed E-state index contributed by atoms with van der Waals surface area (Å²) in [4.78, 5) is 60.5. The Bertz CT molecular complexity index is 1490. The summed E-state index contributed by atoms with van der Waals surface area (Å²) in [5, 5.41) is 12.1. The highest BCUT2D eigenvalue weighted by molar-refractivity contribution is 5.93. The molecule has 3 N–H and O–H groups in total. The molecule has 11 heteroatoms. The average Bonchev–Trinajstić information content (AvgIpc) is 3.33. The van der Waals surface area contributed by atoms with Crippen LogP contribution in [0.4, 0.5) is 10.5 Å². The van der Waals surface area contributed by atoms with E-state index in [1.165, 1.54) is 23.6 Å². The number of allylic oxidation sites excluding steroid dienone is 1. The summed E-state index contributed by atoms with van der Waals surface area (Å²) in [7, 11) is 4.65. The molecule has 0 aliphatic rings. The van der Waals surface area contributed by atoms with Crippen molar-refractivity contribution in [2.45, 2.75) is 46.6 Å². The number of aromatic amines is 1. The van der Waals surface area contributed by atoms with Crippen molar-refractivity contribution in [2.75, 3.05) is 33.0 Å². The number of rotatable bonds is 12. The maximum Gasteiger partial charge on any atom is 0.407 e. The number of nitrogens with zero attached hydrogens (tertiary/aromatic N) is 4. The van der Waals surface area contributed by atoms with Crippen LogP contribution in [0.5, 0.6) is 0 Å². The predicted molar refractivity (Wildman–Crippen MR) is 159 cm³/mol. The van der Waals surface area contributed by atoms with Crippen LogP contribution in [0.3, 0.4) is 0 Å². The molecule has 3 amide bonds. The predicted octanol–water partition coefficient (Wildman–Crippen LogP) is 3.87. The lowest BCUT2D eigenvalue weighted by molar-refractivity contribution is -0.123. The van der Waals surface area contributed by atoms with E-state index in [0.29, 0.717) is 30.3 Å². The number of H-pyrrole nitrogens is 1. The number of hydrogen-bond donors (Lipinski definition) is 3. The molecule has 0 saturated heterocycles. The highest BCUT2D eigenvalue weighted by atomic mass is 16.4. The number of pyridine rings is 1. The van der Waals surface area contributed by atoms with Crippen molar-refractivity contribution >= 4 is 34.6 Å². The van der Waals surface area contributed by atoms with Gasteiger partial charge in [0, 0.05) is 33.4 Å². The number of fused-ring (bicyclic) bond motifs is 1. The summed E-state index contributed by atoms with van der Waals surface area (Å²) in [6.45, 7) is 6.26. The number of imidazole rings is 1. The van der Waals surface area contributed by atoms with Gasteiger partial charge in [0.15, 0.2) is 0 Å². The van der Waals surface area contributed by atoms with E-state index < -0.39 is 17.9 Å². The molecule has 2 aromatic heterocycles.